The second-order valence-electron chi connectivity index (χ2n) is 5.49. The van der Waals surface area contributed by atoms with Crippen molar-refractivity contribution >= 4 is 8.07 Å². The SMILES string of the molecule is COCCOCCOCCOCCC[Si](C)(C)C. The first-order valence-electron chi connectivity index (χ1n) is 6.78. The van der Waals surface area contributed by atoms with Gasteiger partial charge in [-0.2, -0.15) is 0 Å². The molecule has 18 heavy (non-hydrogen) atoms. The van der Waals surface area contributed by atoms with Crippen molar-refractivity contribution in [2.24, 2.45) is 0 Å². The van der Waals surface area contributed by atoms with Crippen LogP contribution < -0.4 is 0 Å². The van der Waals surface area contributed by atoms with E-state index in [0.717, 1.165) is 6.61 Å². The van der Waals surface area contributed by atoms with Gasteiger partial charge in [-0.1, -0.05) is 25.7 Å². The van der Waals surface area contributed by atoms with Crippen LogP contribution >= 0.6 is 0 Å². The van der Waals surface area contributed by atoms with Crippen LogP contribution in [-0.2, 0) is 18.9 Å². The van der Waals surface area contributed by atoms with Gasteiger partial charge in [-0.3, -0.25) is 0 Å². The fourth-order valence-electron chi connectivity index (χ4n) is 1.39. The minimum Gasteiger partial charge on any atom is -0.382 e. The van der Waals surface area contributed by atoms with E-state index in [0.29, 0.717) is 39.6 Å². The van der Waals surface area contributed by atoms with Crippen LogP contribution in [-0.4, -0.2) is 61.4 Å². The van der Waals surface area contributed by atoms with Crippen molar-refractivity contribution < 1.29 is 18.9 Å². The van der Waals surface area contributed by atoms with E-state index in [-0.39, 0.29) is 0 Å². The van der Waals surface area contributed by atoms with Gasteiger partial charge in [0.05, 0.1) is 39.6 Å². The summed E-state index contributed by atoms with van der Waals surface area (Å²) in [4.78, 5) is 0. The van der Waals surface area contributed by atoms with Crippen molar-refractivity contribution in [1.29, 1.82) is 0 Å². The lowest BCUT2D eigenvalue weighted by molar-refractivity contribution is 0.00375. The highest BCUT2D eigenvalue weighted by Gasteiger charge is 2.11. The van der Waals surface area contributed by atoms with Crippen LogP contribution in [0.15, 0.2) is 0 Å². The fourth-order valence-corrected chi connectivity index (χ4v) is 2.59. The Bertz CT molecular complexity index is 171. The van der Waals surface area contributed by atoms with Crippen molar-refractivity contribution in [3.05, 3.63) is 0 Å². The highest BCUT2D eigenvalue weighted by molar-refractivity contribution is 6.76. The van der Waals surface area contributed by atoms with Gasteiger partial charge in [0, 0.05) is 21.8 Å². The third kappa shape index (κ3) is 16.1. The smallest absolute Gasteiger partial charge is 0.0701 e. The molecule has 0 aliphatic rings. The van der Waals surface area contributed by atoms with E-state index in [2.05, 4.69) is 19.6 Å². The summed E-state index contributed by atoms with van der Waals surface area (Å²) in [5.41, 5.74) is 0. The molecule has 0 aliphatic carbocycles. The molecule has 0 aliphatic heterocycles. The topological polar surface area (TPSA) is 36.9 Å². The zero-order valence-electron chi connectivity index (χ0n) is 12.5. The summed E-state index contributed by atoms with van der Waals surface area (Å²) in [5.74, 6) is 0. The Kier molecular flexibility index (Phi) is 12.1. The van der Waals surface area contributed by atoms with Gasteiger partial charge in [0.15, 0.2) is 0 Å². The van der Waals surface area contributed by atoms with E-state index >= 15 is 0 Å². The summed E-state index contributed by atoms with van der Waals surface area (Å²) in [6, 6.07) is 1.33. The van der Waals surface area contributed by atoms with Gasteiger partial charge in [0.2, 0.25) is 0 Å². The van der Waals surface area contributed by atoms with E-state index in [1.807, 2.05) is 0 Å². The third-order valence-electron chi connectivity index (χ3n) is 2.39. The van der Waals surface area contributed by atoms with Crippen molar-refractivity contribution in [3.63, 3.8) is 0 Å². The Morgan fingerprint density at radius 3 is 1.56 bits per heavy atom. The number of rotatable bonds is 13. The van der Waals surface area contributed by atoms with Gasteiger partial charge in [0.25, 0.3) is 0 Å². The molecule has 0 aromatic carbocycles. The minimum atomic E-state index is -0.893. The lowest BCUT2D eigenvalue weighted by Crippen LogP contribution is -2.20. The molecule has 0 aromatic heterocycles. The average molecular weight is 278 g/mol. The molecule has 0 saturated heterocycles. The second-order valence-corrected chi connectivity index (χ2v) is 11.1. The molecule has 0 atom stereocenters. The molecule has 0 N–H and O–H groups in total. The summed E-state index contributed by atoms with van der Waals surface area (Å²) in [6.45, 7) is 11.9. The van der Waals surface area contributed by atoms with Gasteiger partial charge in [-0.25, -0.2) is 0 Å². The van der Waals surface area contributed by atoms with Crippen molar-refractivity contribution in [2.75, 3.05) is 53.4 Å². The van der Waals surface area contributed by atoms with Gasteiger partial charge < -0.3 is 18.9 Å². The van der Waals surface area contributed by atoms with Crippen molar-refractivity contribution in [3.8, 4) is 0 Å². The Morgan fingerprint density at radius 1 is 0.667 bits per heavy atom. The number of methoxy groups -OCH3 is 1. The third-order valence-corrected chi connectivity index (χ3v) is 4.24. The summed E-state index contributed by atoms with van der Waals surface area (Å²) in [5, 5.41) is 0. The largest absolute Gasteiger partial charge is 0.382 e. The predicted octanol–water partition coefficient (Wildman–Crippen LogP) is 2.41. The van der Waals surface area contributed by atoms with Crippen molar-refractivity contribution in [2.45, 2.75) is 32.1 Å². The van der Waals surface area contributed by atoms with Crippen LogP contribution in [0.2, 0.25) is 25.7 Å². The molecule has 0 fully saturated rings. The standard InChI is InChI=1S/C13H30O4Si/c1-14-7-8-16-11-12-17-10-9-15-6-5-13-18(2,3)4/h5-13H2,1-4H3. The molecule has 0 rings (SSSR count). The molecule has 110 valence electrons. The average Bonchev–Trinajstić information content (AvgIpc) is 2.29. The van der Waals surface area contributed by atoms with E-state index in [4.69, 9.17) is 18.9 Å². The van der Waals surface area contributed by atoms with Gasteiger partial charge in [0.1, 0.15) is 0 Å². The molecule has 4 nitrogen and oxygen atoms in total. The molecule has 0 amide bonds. The molecular formula is C13H30O4Si. The Balaban J connectivity index is 2.99. The molecule has 0 bridgehead atoms. The highest BCUT2D eigenvalue weighted by Crippen LogP contribution is 2.10. The van der Waals surface area contributed by atoms with E-state index in [1.165, 1.54) is 12.5 Å². The van der Waals surface area contributed by atoms with Crippen LogP contribution in [0.4, 0.5) is 0 Å². The zero-order chi connectivity index (χ0) is 13.7. The molecule has 0 spiro atoms. The Hall–Kier alpha value is 0.0569. The van der Waals surface area contributed by atoms with Crippen LogP contribution in [0, 0.1) is 0 Å². The molecule has 0 radical (unpaired) electrons. The zero-order valence-corrected chi connectivity index (χ0v) is 13.5. The minimum absolute atomic E-state index is 0.624. The van der Waals surface area contributed by atoms with Crippen LogP contribution in [0.1, 0.15) is 6.42 Å². The second kappa shape index (κ2) is 12.1. The maximum absolute atomic E-state index is 5.51. The van der Waals surface area contributed by atoms with E-state index < -0.39 is 8.07 Å². The normalized spacial score (nSPS) is 12.0. The van der Waals surface area contributed by atoms with Crippen LogP contribution in [0.5, 0.6) is 0 Å². The first-order chi connectivity index (χ1) is 8.56. The summed E-state index contributed by atoms with van der Waals surface area (Å²) < 4.78 is 21.0. The summed E-state index contributed by atoms with van der Waals surface area (Å²) in [7, 11) is 0.774. The van der Waals surface area contributed by atoms with E-state index in [1.54, 1.807) is 7.11 Å². The monoisotopic (exact) mass is 278 g/mol. The van der Waals surface area contributed by atoms with Crippen molar-refractivity contribution in [1.82, 2.24) is 0 Å². The predicted molar refractivity (Wildman–Crippen MR) is 77.1 cm³/mol. The maximum atomic E-state index is 5.51. The maximum Gasteiger partial charge on any atom is 0.0701 e. The fraction of sp³-hybridized carbons (Fsp3) is 1.00. The quantitative estimate of drug-likeness (QED) is 0.383. The molecular weight excluding hydrogens is 248 g/mol. The molecule has 5 heteroatoms. The van der Waals surface area contributed by atoms with E-state index in [9.17, 15) is 0 Å². The van der Waals surface area contributed by atoms with Gasteiger partial charge in [-0.15, -0.1) is 0 Å². The van der Waals surface area contributed by atoms with Gasteiger partial charge >= 0.3 is 0 Å². The van der Waals surface area contributed by atoms with Crippen LogP contribution in [0.3, 0.4) is 0 Å². The molecule has 0 aromatic rings. The van der Waals surface area contributed by atoms with Crippen LogP contribution in [0.25, 0.3) is 0 Å². The Labute approximate surface area is 113 Å². The number of hydrogen-bond acceptors (Lipinski definition) is 4. The lowest BCUT2D eigenvalue weighted by Gasteiger charge is -2.15. The summed E-state index contributed by atoms with van der Waals surface area (Å²) in [6.07, 6.45) is 1.18. The molecule has 0 unspecified atom stereocenters. The summed E-state index contributed by atoms with van der Waals surface area (Å²) >= 11 is 0. The highest BCUT2D eigenvalue weighted by atomic mass is 28.3. The number of hydrogen-bond donors (Lipinski definition) is 0. The number of ether oxygens (including phenoxy) is 4. The lowest BCUT2D eigenvalue weighted by atomic mass is 10.5. The Morgan fingerprint density at radius 2 is 1.11 bits per heavy atom. The molecule has 0 saturated carbocycles. The molecule has 0 heterocycles. The van der Waals surface area contributed by atoms with Gasteiger partial charge in [-0.05, 0) is 6.42 Å². The first kappa shape index (κ1) is 18.1. The first-order valence-corrected chi connectivity index (χ1v) is 10.5.